The largest absolute Gasteiger partial charge is 0.260 e. The van der Waals surface area contributed by atoms with E-state index in [4.69, 9.17) is 10.5 Å². The molecule has 88 valence electrons. The standard InChI is InChI=1S/2C7H6N2/c1-6-2-3-7(4-8)5-9-6;1-6-7(5-8)3-2-4-9-6/h2-3,5H,1H3;2-4H,1H3. The molecule has 4 nitrogen and oxygen atoms in total. The van der Waals surface area contributed by atoms with Gasteiger partial charge in [0.05, 0.1) is 16.8 Å². The van der Waals surface area contributed by atoms with Crippen LogP contribution in [0.3, 0.4) is 0 Å². The SMILES string of the molecule is Cc1ccc(C#N)cn1.Cc1ncccc1C#N. The molecule has 0 aliphatic rings. The van der Waals surface area contributed by atoms with Gasteiger partial charge in [0.25, 0.3) is 0 Å². The van der Waals surface area contributed by atoms with Crippen LogP contribution >= 0.6 is 0 Å². The average molecular weight is 236 g/mol. The number of nitrogens with zero attached hydrogens (tertiary/aromatic N) is 4. The first kappa shape index (κ1) is 13.3. The van der Waals surface area contributed by atoms with Crippen LogP contribution in [-0.4, -0.2) is 9.97 Å². The first-order valence-electron chi connectivity index (χ1n) is 5.32. The van der Waals surface area contributed by atoms with Gasteiger partial charge < -0.3 is 0 Å². The summed E-state index contributed by atoms with van der Waals surface area (Å²) in [5, 5.41) is 16.8. The number of nitriles is 2. The molecule has 0 atom stereocenters. The summed E-state index contributed by atoms with van der Waals surface area (Å²) in [6.45, 7) is 3.71. The van der Waals surface area contributed by atoms with E-state index in [1.165, 1.54) is 0 Å². The maximum atomic E-state index is 8.43. The summed E-state index contributed by atoms with van der Waals surface area (Å²) in [4.78, 5) is 7.85. The minimum absolute atomic E-state index is 0.612. The Hall–Kier alpha value is -2.72. The normalized spacial score (nSPS) is 8.44. The van der Waals surface area contributed by atoms with E-state index >= 15 is 0 Å². The number of pyridine rings is 2. The number of hydrogen-bond donors (Lipinski definition) is 0. The Labute approximate surface area is 106 Å². The third kappa shape index (κ3) is 4.03. The fraction of sp³-hybridized carbons (Fsp3) is 0.143. The molecule has 0 saturated heterocycles. The van der Waals surface area contributed by atoms with Crippen LogP contribution < -0.4 is 0 Å². The Morgan fingerprint density at radius 2 is 1.78 bits per heavy atom. The van der Waals surface area contributed by atoms with Gasteiger partial charge >= 0.3 is 0 Å². The maximum absolute atomic E-state index is 8.43. The highest BCUT2D eigenvalue weighted by Gasteiger charge is 1.91. The predicted octanol–water partition coefficient (Wildman–Crippen LogP) is 2.52. The molecule has 2 aromatic rings. The zero-order valence-corrected chi connectivity index (χ0v) is 10.3. The van der Waals surface area contributed by atoms with Gasteiger partial charge in [-0.15, -0.1) is 0 Å². The molecule has 0 radical (unpaired) electrons. The molecule has 0 saturated carbocycles. The zero-order chi connectivity index (χ0) is 13.4. The number of aromatic nitrogens is 2. The van der Waals surface area contributed by atoms with E-state index in [0.29, 0.717) is 11.1 Å². The van der Waals surface area contributed by atoms with Crippen LogP contribution in [0.4, 0.5) is 0 Å². The highest BCUT2D eigenvalue weighted by Crippen LogP contribution is 1.99. The van der Waals surface area contributed by atoms with Gasteiger partial charge in [0.2, 0.25) is 0 Å². The molecule has 0 aromatic carbocycles. The van der Waals surface area contributed by atoms with Gasteiger partial charge in [-0.25, -0.2) is 0 Å². The Bertz CT molecular complexity index is 588. The van der Waals surface area contributed by atoms with Crippen LogP contribution in [0.5, 0.6) is 0 Å². The summed E-state index contributed by atoms with van der Waals surface area (Å²) in [6.07, 6.45) is 3.24. The van der Waals surface area contributed by atoms with Crippen molar-refractivity contribution in [2.24, 2.45) is 0 Å². The van der Waals surface area contributed by atoms with E-state index in [9.17, 15) is 0 Å². The van der Waals surface area contributed by atoms with Gasteiger partial charge in [-0.1, -0.05) is 0 Å². The van der Waals surface area contributed by atoms with E-state index in [1.54, 1.807) is 30.6 Å². The van der Waals surface area contributed by atoms with Crippen LogP contribution in [0.25, 0.3) is 0 Å². The summed E-state index contributed by atoms with van der Waals surface area (Å²) >= 11 is 0. The minimum Gasteiger partial charge on any atom is -0.260 e. The average Bonchev–Trinajstić information content (AvgIpc) is 2.41. The van der Waals surface area contributed by atoms with Crippen molar-refractivity contribution in [2.45, 2.75) is 13.8 Å². The molecule has 2 heterocycles. The zero-order valence-electron chi connectivity index (χ0n) is 10.3. The third-order valence-corrected chi connectivity index (χ3v) is 2.17. The van der Waals surface area contributed by atoms with Crippen LogP contribution in [0.15, 0.2) is 36.7 Å². The first-order chi connectivity index (χ1) is 8.67. The topological polar surface area (TPSA) is 73.4 Å². The summed E-state index contributed by atoms with van der Waals surface area (Å²) in [5.41, 5.74) is 2.99. The van der Waals surface area contributed by atoms with Crippen molar-refractivity contribution in [3.63, 3.8) is 0 Å². The molecule has 0 aliphatic heterocycles. The molecule has 0 bridgehead atoms. The fourth-order valence-electron chi connectivity index (χ4n) is 1.14. The van der Waals surface area contributed by atoms with Crippen molar-refractivity contribution in [3.05, 3.63) is 59.2 Å². The highest BCUT2D eigenvalue weighted by molar-refractivity contribution is 5.31. The maximum Gasteiger partial charge on any atom is 0.101 e. The first-order valence-corrected chi connectivity index (χ1v) is 5.32. The molecular formula is C14H12N4. The molecule has 2 rings (SSSR count). The molecular weight excluding hydrogens is 224 g/mol. The lowest BCUT2D eigenvalue weighted by molar-refractivity contribution is 1.18. The second kappa shape index (κ2) is 6.78. The Morgan fingerprint density at radius 1 is 1.00 bits per heavy atom. The van der Waals surface area contributed by atoms with Crippen LogP contribution in [0.1, 0.15) is 22.5 Å². The van der Waals surface area contributed by atoms with E-state index in [2.05, 4.69) is 9.97 Å². The van der Waals surface area contributed by atoms with Crippen molar-refractivity contribution in [3.8, 4) is 12.1 Å². The Kier molecular flexibility index (Phi) is 5.02. The lowest BCUT2D eigenvalue weighted by atomic mass is 10.2. The Balaban J connectivity index is 0.000000180. The summed E-state index contributed by atoms with van der Waals surface area (Å²) in [7, 11) is 0. The fourth-order valence-corrected chi connectivity index (χ4v) is 1.14. The van der Waals surface area contributed by atoms with Gasteiger partial charge in [-0.2, -0.15) is 10.5 Å². The molecule has 2 aromatic heterocycles. The monoisotopic (exact) mass is 236 g/mol. The summed E-state index contributed by atoms with van der Waals surface area (Å²) in [5.74, 6) is 0. The quantitative estimate of drug-likeness (QED) is 0.704. The molecule has 0 spiro atoms. The Morgan fingerprint density at radius 3 is 2.22 bits per heavy atom. The van der Waals surface area contributed by atoms with Gasteiger partial charge in [0.15, 0.2) is 0 Å². The lowest BCUT2D eigenvalue weighted by Gasteiger charge is -1.89. The number of rotatable bonds is 0. The molecule has 0 amide bonds. The molecule has 18 heavy (non-hydrogen) atoms. The van der Waals surface area contributed by atoms with Crippen molar-refractivity contribution in [1.82, 2.24) is 9.97 Å². The number of hydrogen-bond acceptors (Lipinski definition) is 4. The minimum atomic E-state index is 0.612. The summed E-state index contributed by atoms with van der Waals surface area (Å²) in [6, 6.07) is 11.1. The molecule has 0 aliphatic carbocycles. The predicted molar refractivity (Wildman–Crippen MR) is 67.4 cm³/mol. The van der Waals surface area contributed by atoms with Gasteiger partial charge in [-0.05, 0) is 38.1 Å². The van der Waals surface area contributed by atoms with Crippen LogP contribution in [-0.2, 0) is 0 Å². The second-order valence-electron chi connectivity index (χ2n) is 3.55. The molecule has 0 unspecified atom stereocenters. The van der Waals surface area contributed by atoms with Crippen LogP contribution in [0.2, 0.25) is 0 Å². The third-order valence-electron chi connectivity index (χ3n) is 2.17. The van der Waals surface area contributed by atoms with Crippen molar-refractivity contribution >= 4 is 0 Å². The van der Waals surface area contributed by atoms with Gasteiger partial charge in [-0.3, -0.25) is 9.97 Å². The van der Waals surface area contributed by atoms with Crippen molar-refractivity contribution in [1.29, 1.82) is 10.5 Å². The molecule has 4 heteroatoms. The molecule has 0 N–H and O–H groups in total. The van der Waals surface area contributed by atoms with E-state index in [-0.39, 0.29) is 0 Å². The highest BCUT2D eigenvalue weighted by atomic mass is 14.7. The molecule has 0 fully saturated rings. The van der Waals surface area contributed by atoms with Crippen LogP contribution in [0, 0.1) is 36.5 Å². The summed E-state index contributed by atoms with van der Waals surface area (Å²) < 4.78 is 0. The number of aryl methyl sites for hydroxylation is 2. The lowest BCUT2D eigenvalue weighted by Crippen LogP contribution is -1.83. The van der Waals surface area contributed by atoms with E-state index in [1.807, 2.05) is 32.1 Å². The van der Waals surface area contributed by atoms with Crippen molar-refractivity contribution in [2.75, 3.05) is 0 Å². The van der Waals surface area contributed by atoms with Gasteiger partial charge in [0.1, 0.15) is 12.1 Å². The van der Waals surface area contributed by atoms with E-state index < -0.39 is 0 Å². The van der Waals surface area contributed by atoms with E-state index in [0.717, 1.165) is 11.4 Å². The van der Waals surface area contributed by atoms with Crippen molar-refractivity contribution < 1.29 is 0 Å². The van der Waals surface area contributed by atoms with Gasteiger partial charge in [0, 0.05) is 18.1 Å². The second-order valence-corrected chi connectivity index (χ2v) is 3.55. The smallest absolute Gasteiger partial charge is 0.101 e.